The Morgan fingerprint density at radius 1 is 1.05 bits per heavy atom. The predicted molar refractivity (Wildman–Crippen MR) is 67.1 cm³/mol. The van der Waals surface area contributed by atoms with Crippen molar-refractivity contribution in [1.82, 2.24) is 9.97 Å². The van der Waals surface area contributed by atoms with Crippen LogP contribution in [-0.4, -0.2) is 23.9 Å². The molecule has 1 aromatic carbocycles. The second-order valence-corrected chi connectivity index (χ2v) is 5.38. The lowest BCUT2D eigenvalue weighted by molar-refractivity contribution is -0.0429. The third kappa shape index (κ3) is 3.81. The number of alkyl halides is 3. The predicted octanol–water partition coefficient (Wildman–Crippen LogP) is 2.53. The van der Waals surface area contributed by atoms with Gasteiger partial charge in [0.25, 0.3) is 0 Å². The number of nitrogens with one attached hydrogen (secondary N) is 1. The van der Waals surface area contributed by atoms with Crippen LogP contribution in [0.5, 0.6) is 11.8 Å². The molecule has 21 heavy (non-hydrogen) atoms. The number of hydrogen-bond acceptors (Lipinski definition) is 5. The van der Waals surface area contributed by atoms with Crippen LogP contribution in [-0.2, 0) is 10.0 Å². The zero-order valence-electron chi connectivity index (χ0n) is 10.2. The van der Waals surface area contributed by atoms with Gasteiger partial charge in [0.05, 0.1) is 0 Å². The van der Waals surface area contributed by atoms with E-state index >= 15 is 0 Å². The highest BCUT2D eigenvalue weighted by molar-refractivity contribution is 7.93. The summed E-state index contributed by atoms with van der Waals surface area (Å²) >= 11 is 0. The number of rotatable bonds is 4. The summed E-state index contributed by atoms with van der Waals surface area (Å²) in [5, 5.41) is 0. The van der Waals surface area contributed by atoms with Gasteiger partial charge in [-0.25, -0.2) is 9.97 Å². The zero-order valence-corrected chi connectivity index (χ0v) is 11.0. The van der Waals surface area contributed by atoms with Crippen LogP contribution in [0, 0.1) is 0 Å². The van der Waals surface area contributed by atoms with Crippen molar-refractivity contribution in [3.8, 4) is 11.8 Å². The average molecular weight is 319 g/mol. The standard InChI is InChI=1S/C11H8F3N3O3S/c12-11(13,14)21(18,19)17-8-2-4-9(5-3-8)20-10-15-6-1-7-16-10/h1-7,17H. The van der Waals surface area contributed by atoms with Gasteiger partial charge >= 0.3 is 21.5 Å². The van der Waals surface area contributed by atoms with E-state index in [1.54, 1.807) is 6.07 Å². The van der Waals surface area contributed by atoms with Crippen LogP contribution in [0.1, 0.15) is 0 Å². The van der Waals surface area contributed by atoms with Crippen molar-refractivity contribution in [2.24, 2.45) is 0 Å². The number of ether oxygens (including phenoxy) is 1. The molecule has 0 radical (unpaired) electrons. The lowest BCUT2D eigenvalue weighted by Gasteiger charge is -2.10. The summed E-state index contributed by atoms with van der Waals surface area (Å²) in [5.41, 5.74) is -5.62. The van der Waals surface area contributed by atoms with E-state index in [4.69, 9.17) is 4.74 Å². The molecule has 112 valence electrons. The van der Waals surface area contributed by atoms with Gasteiger partial charge in [0.2, 0.25) is 0 Å². The summed E-state index contributed by atoms with van der Waals surface area (Å²) in [5.74, 6) is 0.246. The molecule has 0 aliphatic heterocycles. The minimum Gasteiger partial charge on any atom is -0.424 e. The van der Waals surface area contributed by atoms with Gasteiger partial charge in [-0.05, 0) is 30.3 Å². The lowest BCUT2D eigenvalue weighted by atomic mass is 10.3. The zero-order chi connectivity index (χ0) is 15.5. The fraction of sp³-hybridized carbons (Fsp3) is 0.0909. The topological polar surface area (TPSA) is 81.2 Å². The minimum absolute atomic E-state index is 0.0566. The molecule has 1 aromatic heterocycles. The van der Waals surface area contributed by atoms with Gasteiger partial charge in [0.1, 0.15) is 5.75 Å². The number of hydrogen-bond donors (Lipinski definition) is 1. The molecule has 6 nitrogen and oxygen atoms in total. The normalized spacial score (nSPS) is 12.0. The summed E-state index contributed by atoms with van der Waals surface area (Å²) in [4.78, 5) is 7.59. The van der Waals surface area contributed by atoms with Crippen LogP contribution in [0.3, 0.4) is 0 Å². The van der Waals surface area contributed by atoms with Crippen LogP contribution < -0.4 is 9.46 Å². The van der Waals surface area contributed by atoms with Crippen LogP contribution in [0.25, 0.3) is 0 Å². The molecule has 2 aromatic rings. The van der Waals surface area contributed by atoms with Gasteiger partial charge in [-0.1, -0.05) is 0 Å². The Morgan fingerprint density at radius 3 is 2.14 bits per heavy atom. The first-order valence-electron chi connectivity index (χ1n) is 5.42. The van der Waals surface area contributed by atoms with Gasteiger partial charge in [-0.15, -0.1) is 0 Å². The Balaban J connectivity index is 2.10. The number of anilines is 1. The van der Waals surface area contributed by atoms with E-state index in [1.807, 2.05) is 0 Å². The van der Waals surface area contributed by atoms with Gasteiger partial charge < -0.3 is 4.74 Å². The minimum atomic E-state index is -5.44. The van der Waals surface area contributed by atoms with Crippen molar-refractivity contribution < 1.29 is 26.3 Å². The lowest BCUT2D eigenvalue weighted by Crippen LogP contribution is -2.29. The summed E-state index contributed by atoms with van der Waals surface area (Å²) in [6, 6.07) is 6.46. The molecule has 0 spiro atoms. The molecular formula is C11H8F3N3O3S. The van der Waals surface area contributed by atoms with Crippen molar-refractivity contribution in [2.45, 2.75) is 5.51 Å². The number of halogens is 3. The van der Waals surface area contributed by atoms with E-state index in [0.29, 0.717) is 0 Å². The first kappa shape index (κ1) is 15.0. The molecule has 1 N–H and O–H groups in total. The average Bonchev–Trinajstić information content (AvgIpc) is 2.41. The van der Waals surface area contributed by atoms with E-state index in [-0.39, 0.29) is 17.4 Å². The van der Waals surface area contributed by atoms with E-state index < -0.39 is 15.5 Å². The molecule has 10 heteroatoms. The molecule has 2 rings (SSSR count). The Hall–Kier alpha value is -2.36. The number of sulfonamides is 1. The first-order chi connectivity index (χ1) is 9.78. The summed E-state index contributed by atoms with van der Waals surface area (Å²) < 4.78 is 65.0. The number of aromatic nitrogens is 2. The highest BCUT2D eigenvalue weighted by atomic mass is 32.2. The second-order valence-electron chi connectivity index (χ2n) is 3.71. The fourth-order valence-corrected chi connectivity index (χ4v) is 1.81. The van der Waals surface area contributed by atoms with Gasteiger partial charge in [0, 0.05) is 18.1 Å². The number of benzene rings is 1. The molecule has 0 bridgehead atoms. The largest absolute Gasteiger partial charge is 0.516 e. The molecule has 0 aliphatic rings. The van der Waals surface area contributed by atoms with Crippen molar-refractivity contribution >= 4 is 15.7 Å². The van der Waals surface area contributed by atoms with Crippen molar-refractivity contribution in [1.29, 1.82) is 0 Å². The summed E-state index contributed by atoms with van der Waals surface area (Å²) in [7, 11) is -5.44. The van der Waals surface area contributed by atoms with Crippen LogP contribution >= 0.6 is 0 Å². The Bertz CT molecular complexity index is 703. The molecule has 0 fully saturated rings. The maximum Gasteiger partial charge on any atom is 0.516 e. The maximum absolute atomic E-state index is 12.2. The Morgan fingerprint density at radius 2 is 1.62 bits per heavy atom. The van der Waals surface area contributed by atoms with Crippen molar-refractivity contribution in [2.75, 3.05) is 4.72 Å². The Labute approximate surface area is 117 Å². The molecule has 0 saturated carbocycles. The highest BCUT2D eigenvalue weighted by Gasteiger charge is 2.45. The first-order valence-corrected chi connectivity index (χ1v) is 6.90. The van der Waals surface area contributed by atoms with Crippen molar-refractivity contribution in [3.05, 3.63) is 42.7 Å². The highest BCUT2D eigenvalue weighted by Crippen LogP contribution is 2.26. The monoisotopic (exact) mass is 319 g/mol. The van der Waals surface area contributed by atoms with Crippen LogP contribution in [0.2, 0.25) is 0 Å². The summed E-state index contributed by atoms with van der Waals surface area (Å²) in [6.07, 6.45) is 2.91. The molecule has 0 aliphatic carbocycles. The Kier molecular flexibility index (Phi) is 3.98. The number of nitrogens with zero attached hydrogens (tertiary/aromatic N) is 2. The smallest absolute Gasteiger partial charge is 0.424 e. The third-order valence-electron chi connectivity index (χ3n) is 2.16. The SMILES string of the molecule is O=S(=O)(Nc1ccc(Oc2ncccn2)cc1)C(F)(F)F. The van der Waals surface area contributed by atoms with Gasteiger partial charge in [0.15, 0.2) is 0 Å². The van der Waals surface area contributed by atoms with E-state index in [2.05, 4.69) is 9.97 Å². The third-order valence-corrected chi connectivity index (χ3v) is 3.28. The molecule has 0 saturated heterocycles. The van der Waals surface area contributed by atoms with Gasteiger partial charge in [-0.2, -0.15) is 21.6 Å². The maximum atomic E-state index is 12.2. The quantitative estimate of drug-likeness (QED) is 0.936. The van der Waals surface area contributed by atoms with Crippen LogP contribution in [0.15, 0.2) is 42.7 Å². The molecule has 1 heterocycles. The molecule has 0 unspecified atom stereocenters. The molecular weight excluding hydrogens is 311 g/mol. The fourth-order valence-electron chi connectivity index (χ4n) is 1.25. The molecule has 0 amide bonds. The second kappa shape index (κ2) is 5.56. The van der Waals surface area contributed by atoms with Crippen molar-refractivity contribution in [3.63, 3.8) is 0 Å². The summed E-state index contributed by atoms with van der Waals surface area (Å²) in [6.45, 7) is 0. The van der Waals surface area contributed by atoms with E-state index in [1.165, 1.54) is 29.2 Å². The van der Waals surface area contributed by atoms with Gasteiger partial charge in [-0.3, -0.25) is 4.72 Å². The van der Waals surface area contributed by atoms with Crippen LogP contribution in [0.4, 0.5) is 18.9 Å². The molecule has 0 atom stereocenters. The van der Waals surface area contributed by atoms with E-state index in [9.17, 15) is 21.6 Å². The van der Waals surface area contributed by atoms with E-state index in [0.717, 1.165) is 12.1 Å².